The number of hydrogen-bond donors (Lipinski definition) is 1. The summed E-state index contributed by atoms with van der Waals surface area (Å²) in [5.74, 6) is 0.420. The highest BCUT2D eigenvalue weighted by atomic mass is 35.5. The predicted molar refractivity (Wildman–Crippen MR) is 84.9 cm³/mol. The van der Waals surface area contributed by atoms with Crippen molar-refractivity contribution in [2.45, 2.75) is 31.7 Å². The molecule has 0 amide bonds. The number of piperazine rings is 1. The summed E-state index contributed by atoms with van der Waals surface area (Å²) in [6, 6.07) is 6.71. The molecule has 1 aromatic carbocycles. The van der Waals surface area contributed by atoms with Crippen LogP contribution in [-0.4, -0.2) is 37.4 Å². The van der Waals surface area contributed by atoms with Crippen molar-refractivity contribution >= 4 is 12.4 Å². The fourth-order valence-electron chi connectivity index (χ4n) is 3.39. The Morgan fingerprint density at radius 1 is 1.17 bits per heavy atom. The first kappa shape index (κ1) is 18.4. The maximum Gasteiger partial charge on any atom is 0.573 e. The van der Waals surface area contributed by atoms with Gasteiger partial charge in [-0.2, -0.15) is 0 Å². The van der Waals surface area contributed by atoms with E-state index in [0.717, 1.165) is 44.6 Å². The molecule has 1 aliphatic carbocycles. The number of hydrogen-bond acceptors (Lipinski definition) is 3. The van der Waals surface area contributed by atoms with Gasteiger partial charge in [0.25, 0.3) is 0 Å². The first-order valence-corrected chi connectivity index (χ1v) is 7.83. The lowest BCUT2D eigenvalue weighted by Gasteiger charge is -2.43. The normalized spacial score (nSPS) is 21.2. The van der Waals surface area contributed by atoms with E-state index in [1.807, 2.05) is 6.07 Å². The number of alkyl halides is 3. The number of halogens is 4. The van der Waals surface area contributed by atoms with Gasteiger partial charge in [-0.3, -0.25) is 4.90 Å². The molecule has 130 valence electrons. The molecule has 0 bridgehead atoms. The maximum absolute atomic E-state index is 12.4. The van der Waals surface area contributed by atoms with Crippen molar-refractivity contribution in [3.05, 3.63) is 29.8 Å². The van der Waals surface area contributed by atoms with Gasteiger partial charge in [0.15, 0.2) is 0 Å². The summed E-state index contributed by atoms with van der Waals surface area (Å²) in [6.07, 6.45) is -1.12. The molecule has 1 heterocycles. The van der Waals surface area contributed by atoms with E-state index < -0.39 is 6.36 Å². The molecular weight excluding hydrogens is 329 g/mol. The molecule has 2 aliphatic rings. The standard InChI is InChI=1S/C16H21F3N2O.ClH/c17-16(18,19)22-14-6-2-5-13(11-14)15(12-3-1-4-12)21-9-7-20-8-10-21;/h2,5-6,11-12,15,20H,1,3-4,7-10H2;1H/t15-;/m0./s1. The highest BCUT2D eigenvalue weighted by Gasteiger charge is 2.35. The molecule has 1 atom stereocenters. The fourth-order valence-corrected chi connectivity index (χ4v) is 3.39. The smallest absolute Gasteiger partial charge is 0.406 e. The Kier molecular flexibility index (Phi) is 6.17. The van der Waals surface area contributed by atoms with E-state index in [-0.39, 0.29) is 24.2 Å². The molecule has 1 saturated carbocycles. The number of nitrogens with one attached hydrogen (secondary N) is 1. The second-order valence-electron chi connectivity index (χ2n) is 6.04. The lowest BCUT2D eigenvalue weighted by molar-refractivity contribution is -0.274. The van der Waals surface area contributed by atoms with Gasteiger partial charge in [-0.1, -0.05) is 18.6 Å². The first-order valence-electron chi connectivity index (χ1n) is 7.83. The van der Waals surface area contributed by atoms with Crippen LogP contribution in [-0.2, 0) is 0 Å². The summed E-state index contributed by atoms with van der Waals surface area (Å²) in [4.78, 5) is 2.40. The number of rotatable bonds is 4. The van der Waals surface area contributed by atoms with Crippen LogP contribution in [0, 0.1) is 5.92 Å². The van der Waals surface area contributed by atoms with Gasteiger partial charge in [0.2, 0.25) is 0 Å². The second kappa shape index (κ2) is 7.73. The molecule has 1 saturated heterocycles. The van der Waals surface area contributed by atoms with Crippen LogP contribution >= 0.6 is 12.4 Å². The molecule has 2 fully saturated rings. The molecule has 7 heteroatoms. The average Bonchev–Trinajstić information content (AvgIpc) is 2.42. The molecule has 1 aliphatic heterocycles. The van der Waals surface area contributed by atoms with Crippen molar-refractivity contribution in [3.8, 4) is 5.75 Å². The zero-order valence-corrected chi connectivity index (χ0v) is 13.6. The van der Waals surface area contributed by atoms with E-state index in [1.54, 1.807) is 12.1 Å². The molecule has 0 spiro atoms. The first-order chi connectivity index (χ1) is 10.5. The molecule has 0 aromatic heterocycles. The molecule has 3 rings (SSSR count). The van der Waals surface area contributed by atoms with Crippen LogP contribution in [0.5, 0.6) is 5.75 Å². The van der Waals surface area contributed by atoms with Gasteiger partial charge in [0, 0.05) is 32.2 Å². The Balaban J connectivity index is 0.00000192. The Hall–Kier alpha value is -0.980. The maximum atomic E-state index is 12.4. The average molecular weight is 351 g/mol. The van der Waals surface area contributed by atoms with E-state index in [1.165, 1.54) is 12.5 Å². The lowest BCUT2D eigenvalue weighted by atomic mass is 9.76. The Bertz CT molecular complexity index is 502. The third kappa shape index (κ3) is 4.75. The van der Waals surface area contributed by atoms with Crippen LogP contribution in [0.2, 0.25) is 0 Å². The van der Waals surface area contributed by atoms with Crippen molar-refractivity contribution in [2.75, 3.05) is 26.2 Å². The summed E-state index contributed by atoms with van der Waals surface area (Å²) in [5.41, 5.74) is 0.938. The van der Waals surface area contributed by atoms with E-state index in [0.29, 0.717) is 5.92 Å². The van der Waals surface area contributed by atoms with Gasteiger partial charge >= 0.3 is 6.36 Å². The number of ether oxygens (including phenoxy) is 1. The predicted octanol–water partition coefficient (Wildman–Crippen LogP) is 3.75. The Labute approximate surface area is 140 Å². The fraction of sp³-hybridized carbons (Fsp3) is 0.625. The van der Waals surface area contributed by atoms with Crippen LogP contribution < -0.4 is 10.1 Å². The van der Waals surface area contributed by atoms with Crippen molar-refractivity contribution in [1.29, 1.82) is 0 Å². The van der Waals surface area contributed by atoms with E-state index >= 15 is 0 Å². The minimum absolute atomic E-state index is 0. The second-order valence-corrected chi connectivity index (χ2v) is 6.04. The quantitative estimate of drug-likeness (QED) is 0.895. The van der Waals surface area contributed by atoms with Crippen LogP contribution in [0.1, 0.15) is 30.9 Å². The van der Waals surface area contributed by atoms with E-state index in [9.17, 15) is 13.2 Å². The summed E-state index contributed by atoms with van der Waals surface area (Å²) in [6.45, 7) is 3.74. The highest BCUT2D eigenvalue weighted by Crippen LogP contribution is 2.42. The van der Waals surface area contributed by atoms with Gasteiger partial charge in [0.1, 0.15) is 5.75 Å². The number of nitrogens with zero attached hydrogens (tertiary/aromatic N) is 1. The molecule has 0 unspecified atom stereocenters. The van der Waals surface area contributed by atoms with Gasteiger partial charge < -0.3 is 10.1 Å². The van der Waals surface area contributed by atoms with Gasteiger partial charge in [-0.05, 0) is 36.5 Å². The van der Waals surface area contributed by atoms with Crippen molar-refractivity contribution in [3.63, 3.8) is 0 Å². The van der Waals surface area contributed by atoms with Crippen molar-refractivity contribution < 1.29 is 17.9 Å². The summed E-state index contributed by atoms with van der Waals surface area (Å²) in [5, 5.41) is 3.32. The minimum Gasteiger partial charge on any atom is -0.406 e. The third-order valence-electron chi connectivity index (χ3n) is 4.57. The minimum atomic E-state index is -4.64. The van der Waals surface area contributed by atoms with Gasteiger partial charge in [-0.25, -0.2) is 0 Å². The molecule has 0 radical (unpaired) electrons. The monoisotopic (exact) mass is 350 g/mol. The Morgan fingerprint density at radius 2 is 1.87 bits per heavy atom. The van der Waals surface area contributed by atoms with Crippen LogP contribution in [0.25, 0.3) is 0 Å². The summed E-state index contributed by atoms with van der Waals surface area (Å²) >= 11 is 0. The summed E-state index contributed by atoms with van der Waals surface area (Å²) in [7, 11) is 0. The molecule has 3 nitrogen and oxygen atoms in total. The van der Waals surface area contributed by atoms with E-state index in [2.05, 4.69) is 15.0 Å². The van der Waals surface area contributed by atoms with Crippen molar-refractivity contribution in [1.82, 2.24) is 10.2 Å². The molecular formula is C16H22ClF3N2O. The largest absolute Gasteiger partial charge is 0.573 e. The molecule has 1 N–H and O–H groups in total. The SMILES string of the molecule is Cl.FC(F)(F)Oc1cccc([C@H](C2CCC2)N2CCNCC2)c1. The topological polar surface area (TPSA) is 24.5 Å². The highest BCUT2D eigenvalue weighted by molar-refractivity contribution is 5.85. The zero-order chi connectivity index (χ0) is 15.6. The molecule has 1 aromatic rings. The summed E-state index contributed by atoms with van der Waals surface area (Å²) < 4.78 is 41.4. The van der Waals surface area contributed by atoms with Crippen molar-refractivity contribution in [2.24, 2.45) is 5.92 Å². The molecule has 23 heavy (non-hydrogen) atoms. The third-order valence-corrected chi connectivity index (χ3v) is 4.57. The van der Waals surface area contributed by atoms with Gasteiger partial charge in [0.05, 0.1) is 0 Å². The lowest BCUT2D eigenvalue weighted by Crippen LogP contribution is -2.47. The van der Waals surface area contributed by atoms with Crippen LogP contribution in [0.3, 0.4) is 0 Å². The van der Waals surface area contributed by atoms with Crippen LogP contribution in [0.15, 0.2) is 24.3 Å². The van der Waals surface area contributed by atoms with Gasteiger partial charge in [-0.15, -0.1) is 25.6 Å². The van der Waals surface area contributed by atoms with Crippen LogP contribution in [0.4, 0.5) is 13.2 Å². The van der Waals surface area contributed by atoms with E-state index in [4.69, 9.17) is 0 Å². The number of benzene rings is 1. The Morgan fingerprint density at radius 3 is 2.43 bits per heavy atom. The zero-order valence-electron chi connectivity index (χ0n) is 12.8.